The van der Waals surface area contributed by atoms with Crippen LogP contribution in [0.5, 0.6) is 0 Å². The van der Waals surface area contributed by atoms with Gasteiger partial charge in [-0.1, -0.05) is 6.07 Å². The van der Waals surface area contributed by atoms with Gasteiger partial charge in [0.05, 0.1) is 0 Å². The van der Waals surface area contributed by atoms with Crippen LogP contribution in [0.4, 0.5) is 0 Å². The lowest BCUT2D eigenvalue weighted by Crippen LogP contribution is -2.30. The van der Waals surface area contributed by atoms with E-state index in [0.29, 0.717) is 5.92 Å². The molecule has 0 aliphatic carbocycles. The predicted octanol–water partition coefficient (Wildman–Crippen LogP) is 3.25. The summed E-state index contributed by atoms with van der Waals surface area (Å²) in [6.07, 6.45) is 4.15. The van der Waals surface area contributed by atoms with E-state index in [0.717, 1.165) is 65.1 Å². The van der Waals surface area contributed by atoms with Gasteiger partial charge in [-0.2, -0.15) is 0 Å². The first kappa shape index (κ1) is 18.0. The number of rotatable bonds is 4. The Bertz CT molecular complexity index is 805. The first-order valence-electron chi connectivity index (χ1n) is 9.75. The van der Waals surface area contributed by atoms with Gasteiger partial charge in [-0.3, -0.25) is 9.69 Å². The van der Waals surface area contributed by atoms with Crippen molar-refractivity contribution in [3.63, 3.8) is 0 Å². The summed E-state index contributed by atoms with van der Waals surface area (Å²) >= 11 is 1.85. The van der Waals surface area contributed by atoms with Crippen LogP contribution in [-0.2, 0) is 30.7 Å². The number of ether oxygens (including phenoxy) is 1. The van der Waals surface area contributed by atoms with E-state index in [1.54, 1.807) is 6.07 Å². The van der Waals surface area contributed by atoms with E-state index in [1.807, 2.05) is 11.3 Å². The standard InChI is InChI=1S/C21H28N2O2S/c1-16-8-13-26-20(16)15-22-9-4-18-2-3-21(24)23(19(18)5-10-22)14-17-6-11-25-12-7-17/h2-3,8,13,17H,4-7,9-12,14-15H2,1H3. The molecule has 2 aromatic rings. The third kappa shape index (κ3) is 3.95. The van der Waals surface area contributed by atoms with Crippen molar-refractivity contribution in [2.45, 2.75) is 45.7 Å². The molecule has 140 valence electrons. The molecule has 2 aliphatic heterocycles. The molecular formula is C21H28N2O2S. The van der Waals surface area contributed by atoms with Gasteiger partial charge in [-0.25, -0.2) is 0 Å². The summed E-state index contributed by atoms with van der Waals surface area (Å²) in [5.41, 5.74) is 4.20. The molecule has 4 rings (SSSR count). The maximum atomic E-state index is 12.6. The smallest absolute Gasteiger partial charge is 0.250 e. The van der Waals surface area contributed by atoms with Crippen LogP contribution in [0.3, 0.4) is 0 Å². The highest BCUT2D eigenvalue weighted by molar-refractivity contribution is 7.10. The SMILES string of the molecule is Cc1ccsc1CN1CCc2ccc(=O)n(CC3CCOCC3)c2CC1. The van der Waals surface area contributed by atoms with E-state index in [4.69, 9.17) is 4.74 Å². The van der Waals surface area contributed by atoms with Gasteiger partial charge < -0.3 is 9.30 Å². The summed E-state index contributed by atoms with van der Waals surface area (Å²) < 4.78 is 7.56. The largest absolute Gasteiger partial charge is 0.381 e. The lowest BCUT2D eigenvalue weighted by Gasteiger charge is -2.25. The van der Waals surface area contributed by atoms with Crippen LogP contribution < -0.4 is 5.56 Å². The highest BCUT2D eigenvalue weighted by Crippen LogP contribution is 2.22. The van der Waals surface area contributed by atoms with E-state index < -0.39 is 0 Å². The fourth-order valence-corrected chi connectivity index (χ4v) is 5.10. The Morgan fingerprint density at radius 2 is 1.96 bits per heavy atom. The van der Waals surface area contributed by atoms with E-state index in [9.17, 15) is 4.79 Å². The molecule has 0 atom stereocenters. The van der Waals surface area contributed by atoms with Crippen molar-refractivity contribution in [2.75, 3.05) is 26.3 Å². The quantitative estimate of drug-likeness (QED) is 0.826. The second-order valence-corrected chi connectivity index (χ2v) is 8.61. The summed E-state index contributed by atoms with van der Waals surface area (Å²) in [5.74, 6) is 0.570. The van der Waals surface area contributed by atoms with Gasteiger partial charge in [-0.05, 0) is 54.7 Å². The van der Waals surface area contributed by atoms with Gasteiger partial charge in [0, 0.05) is 62.5 Å². The average Bonchev–Trinajstić information content (AvgIpc) is 2.94. The molecule has 0 radical (unpaired) electrons. The minimum absolute atomic E-state index is 0.165. The van der Waals surface area contributed by atoms with Gasteiger partial charge in [0.1, 0.15) is 0 Å². The van der Waals surface area contributed by atoms with Crippen LogP contribution in [0.1, 0.15) is 34.5 Å². The minimum Gasteiger partial charge on any atom is -0.381 e. The van der Waals surface area contributed by atoms with E-state index in [-0.39, 0.29) is 5.56 Å². The lowest BCUT2D eigenvalue weighted by atomic mass is 9.99. The van der Waals surface area contributed by atoms with Gasteiger partial charge in [-0.15, -0.1) is 11.3 Å². The summed E-state index contributed by atoms with van der Waals surface area (Å²) in [7, 11) is 0. The van der Waals surface area contributed by atoms with Gasteiger partial charge in [0.15, 0.2) is 0 Å². The van der Waals surface area contributed by atoms with Crippen molar-refractivity contribution in [1.82, 2.24) is 9.47 Å². The Hall–Kier alpha value is -1.43. The van der Waals surface area contributed by atoms with Crippen LogP contribution in [0.2, 0.25) is 0 Å². The Morgan fingerprint density at radius 1 is 1.15 bits per heavy atom. The van der Waals surface area contributed by atoms with E-state index in [2.05, 4.69) is 33.9 Å². The molecule has 0 aromatic carbocycles. The highest BCUT2D eigenvalue weighted by Gasteiger charge is 2.21. The molecule has 1 saturated heterocycles. The molecule has 0 amide bonds. The Labute approximate surface area is 159 Å². The molecule has 0 unspecified atom stereocenters. The van der Waals surface area contributed by atoms with Crippen LogP contribution >= 0.6 is 11.3 Å². The number of aryl methyl sites for hydroxylation is 1. The fourth-order valence-electron chi connectivity index (χ4n) is 4.16. The number of pyridine rings is 1. The zero-order chi connectivity index (χ0) is 17.9. The number of fused-ring (bicyclic) bond motifs is 1. The Morgan fingerprint density at radius 3 is 2.73 bits per heavy atom. The van der Waals surface area contributed by atoms with E-state index in [1.165, 1.54) is 21.7 Å². The van der Waals surface area contributed by atoms with Crippen molar-refractivity contribution < 1.29 is 4.74 Å². The molecule has 0 bridgehead atoms. The highest BCUT2D eigenvalue weighted by atomic mass is 32.1. The number of hydrogen-bond donors (Lipinski definition) is 0. The maximum absolute atomic E-state index is 12.6. The van der Waals surface area contributed by atoms with Crippen LogP contribution in [0.25, 0.3) is 0 Å². The van der Waals surface area contributed by atoms with Crippen LogP contribution in [0, 0.1) is 12.8 Å². The molecule has 1 fully saturated rings. The molecule has 2 aromatic heterocycles. The molecule has 0 saturated carbocycles. The van der Waals surface area contributed by atoms with Gasteiger partial charge in [0.25, 0.3) is 5.56 Å². The Kier molecular flexibility index (Phi) is 5.57. The van der Waals surface area contributed by atoms with Crippen molar-refractivity contribution in [2.24, 2.45) is 5.92 Å². The molecule has 0 spiro atoms. The zero-order valence-corrected chi connectivity index (χ0v) is 16.4. The van der Waals surface area contributed by atoms with Crippen molar-refractivity contribution in [3.05, 3.63) is 55.6 Å². The normalized spacial score (nSPS) is 19.3. The first-order valence-corrected chi connectivity index (χ1v) is 10.6. The third-order valence-electron chi connectivity index (χ3n) is 5.87. The van der Waals surface area contributed by atoms with Crippen molar-refractivity contribution >= 4 is 11.3 Å². The number of thiophene rings is 1. The lowest BCUT2D eigenvalue weighted by molar-refractivity contribution is 0.0606. The monoisotopic (exact) mass is 372 g/mol. The molecule has 4 heterocycles. The molecule has 0 N–H and O–H groups in total. The first-order chi connectivity index (χ1) is 12.7. The predicted molar refractivity (Wildman–Crippen MR) is 106 cm³/mol. The summed E-state index contributed by atoms with van der Waals surface area (Å²) in [6, 6.07) is 6.05. The molecule has 5 heteroatoms. The molecule has 26 heavy (non-hydrogen) atoms. The van der Waals surface area contributed by atoms with Crippen LogP contribution in [-0.4, -0.2) is 35.8 Å². The third-order valence-corrected chi connectivity index (χ3v) is 6.88. The number of aromatic nitrogens is 1. The Balaban J connectivity index is 1.51. The number of nitrogens with zero attached hydrogens (tertiary/aromatic N) is 2. The topological polar surface area (TPSA) is 34.5 Å². The van der Waals surface area contributed by atoms with Crippen molar-refractivity contribution in [3.8, 4) is 0 Å². The summed E-state index contributed by atoms with van der Waals surface area (Å²) in [5, 5.41) is 2.18. The number of hydrogen-bond acceptors (Lipinski definition) is 4. The summed E-state index contributed by atoms with van der Waals surface area (Å²) in [6.45, 7) is 7.85. The molecular weight excluding hydrogens is 344 g/mol. The van der Waals surface area contributed by atoms with Gasteiger partial charge in [0.2, 0.25) is 0 Å². The fraction of sp³-hybridized carbons (Fsp3) is 0.571. The van der Waals surface area contributed by atoms with Crippen LogP contribution in [0.15, 0.2) is 28.4 Å². The molecule has 2 aliphatic rings. The second kappa shape index (κ2) is 8.07. The minimum atomic E-state index is 0.165. The zero-order valence-electron chi connectivity index (χ0n) is 15.6. The summed E-state index contributed by atoms with van der Waals surface area (Å²) in [4.78, 5) is 16.6. The average molecular weight is 373 g/mol. The van der Waals surface area contributed by atoms with Gasteiger partial charge >= 0.3 is 0 Å². The second-order valence-electron chi connectivity index (χ2n) is 7.61. The molecule has 4 nitrogen and oxygen atoms in total. The van der Waals surface area contributed by atoms with E-state index >= 15 is 0 Å². The van der Waals surface area contributed by atoms with Crippen molar-refractivity contribution in [1.29, 1.82) is 0 Å². The maximum Gasteiger partial charge on any atom is 0.250 e.